The first-order chi connectivity index (χ1) is 21.4. The maximum absolute atomic E-state index is 14.2. The summed E-state index contributed by atoms with van der Waals surface area (Å²) >= 11 is 3.61. The monoisotopic (exact) mass is 645 g/mol. The third kappa shape index (κ3) is 7.69. The molecule has 3 aromatic carbocycles. The van der Waals surface area contributed by atoms with Gasteiger partial charge in [-0.1, -0.05) is 90.4 Å². The number of hydrogen-bond donors (Lipinski definition) is 0. The van der Waals surface area contributed by atoms with Gasteiger partial charge in [-0.05, 0) is 67.1 Å². The van der Waals surface area contributed by atoms with Crippen LogP contribution in [0, 0.1) is 17.2 Å². The Morgan fingerprint density at radius 3 is 2.36 bits per heavy atom. The standard InChI is InChI=1S/C37H36BrN5O/c1-27(2)35(36-41-34(31-16-11-17-32(38)22-31)26-42(36)25-28-12-5-3-6-13-28)43(37(44)30-14-7-4-8-15-30)21-10-9-18-33-20-19-29(23-39)24-40-33/h3-8,11-17,19-20,22,24,26-27,35H,9-10,18,21,25H2,1-2H3/t35-/m1/s1. The zero-order valence-corrected chi connectivity index (χ0v) is 26.7. The van der Waals surface area contributed by atoms with E-state index in [2.05, 4.69) is 88.0 Å². The lowest BCUT2D eigenvalue weighted by Crippen LogP contribution is -2.39. The lowest BCUT2D eigenvalue weighted by atomic mass is 9.99. The van der Waals surface area contributed by atoms with Crippen molar-refractivity contribution < 1.29 is 4.79 Å². The summed E-state index contributed by atoms with van der Waals surface area (Å²) in [6.07, 6.45) is 6.18. The Morgan fingerprint density at radius 1 is 0.955 bits per heavy atom. The molecule has 2 heterocycles. The van der Waals surface area contributed by atoms with Gasteiger partial charge in [-0.2, -0.15) is 5.26 Å². The maximum Gasteiger partial charge on any atom is 0.254 e. The van der Waals surface area contributed by atoms with E-state index in [1.165, 1.54) is 5.56 Å². The first kappa shape index (κ1) is 30.9. The van der Waals surface area contributed by atoms with Crippen molar-refractivity contribution in [2.45, 2.75) is 45.7 Å². The number of amides is 1. The van der Waals surface area contributed by atoms with Crippen molar-refractivity contribution in [3.05, 3.63) is 142 Å². The van der Waals surface area contributed by atoms with Crippen LogP contribution in [0.2, 0.25) is 0 Å². The van der Waals surface area contributed by atoms with Gasteiger partial charge in [-0.25, -0.2) is 4.98 Å². The van der Waals surface area contributed by atoms with Crippen LogP contribution in [0.1, 0.15) is 65.7 Å². The predicted octanol–water partition coefficient (Wildman–Crippen LogP) is 8.49. The van der Waals surface area contributed by atoms with E-state index in [1.54, 1.807) is 12.3 Å². The van der Waals surface area contributed by atoms with Gasteiger partial charge >= 0.3 is 0 Å². The maximum atomic E-state index is 14.2. The van der Waals surface area contributed by atoms with Crippen molar-refractivity contribution >= 4 is 21.8 Å². The first-order valence-electron chi connectivity index (χ1n) is 15.0. The van der Waals surface area contributed by atoms with E-state index in [1.807, 2.05) is 59.5 Å². The van der Waals surface area contributed by atoms with Crippen molar-refractivity contribution in [3.63, 3.8) is 0 Å². The van der Waals surface area contributed by atoms with E-state index >= 15 is 0 Å². The zero-order valence-electron chi connectivity index (χ0n) is 25.1. The number of pyridine rings is 1. The van der Waals surface area contributed by atoms with Crippen molar-refractivity contribution in [1.29, 1.82) is 5.26 Å². The molecule has 5 rings (SSSR count). The molecule has 0 saturated heterocycles. The summed E-state index contributed by atoms with van der Waals surface area (Å²) in [5, 5.41) is 9.08. The van der Waals surface area contributed by atoms with Crippen molar-refractivity contribution in [1.82, 2.24) is 19.4 Å². The van der Waals surface area contributed by atoms with Crippen LogP contribution in [0.4, 0.5) is 0 Å². The quantitative estimate of drug-likeness (QED) is 0.128. The molecular weight excluding hydrogens is 610 g/mol. The molecule has 0 bridgehead atoms. The summed E-state index contributed by atoms with van der Waals surface area (Å²) in [4.78, 5) is 25.9. The van der Waals surface area contributed by atoms with Crippen LogP contribution in [-0.4, -0.2) is 31.9 Å². The highest BCUT2D eigenvalue weighted by atomic mass is 79.9. The van der Waals surface area contributed by atoms with Gasteiger partial charge in [0, 0.05) is 46.8 Å². The van der Waals surface area contributed by atoms with Gasteiger partial charge in [0.25, 0.3) is 5.91 Å². The minimum absolute atomic E-state index is 0.000866. The van der Waals surface area contributed by atoms with Crippen molar-refractivity contribution in [2.24, 2.45) is 5.92 Å². The molecule has 0 spiro atoms. The second-order valence-electron chi connectivity index (χ2n) is 11.3. The Morgan fingerprint density at radius 2 is 1.70 bits per heavy atom. The molecule has 0 aliphatic heterocycles. The van der Waals surface area contributed by atoms with Gasteiger partial charge in [-0.15, -0.1) is 0 Å². The summed E-state index contributed by atoms with van der Waals surface area (Å²) in [5.41, 5.74) is 5.24. The number of imidazole rings is 1. The smallest absolute Gasteiger partial charge is 0.254 e. The second-order valence-corrected chi connectivity index (χ2v) is 12.2. The van der Waals surface area contributed by atoms with Crippen molar-refractivity contribution in [3.8, 4) is 17.3 Å². The lowest BCUT2D eigenvalue weighted by molar-refractivity contribution is 0.0601. The number of nitrogens with zero attached hydrogens (tertiary/aromatic N) is 5. The average Bonchev–Trinajstić information content (AvgIpc) is 3.46. The van der Waals surface area contributed by atoms with E-state index in [-0.39, 0.29) is 17.9 Å². The Balaban J connectivity index is 1.50. The molecule has 0 aliphatic carbocycles. The van der Waals surface area contributed by atoms with Gasteiger partial charge < -0.3 is 9.47 Å². The Labute approximate surface area is 268 Å². The molecule has 7 heteroatoms. The van der Waals surface area contributed by atoms with Crippen LogP contribution in [0.3, 0.4) is 0 Å². The average molecular weight is 647 g/mol. The van der Waals surface area contributed by atoms with E-state index in [0.717, 1.165) is 46.5 Å². The highest BCUT2D eigenvalue weighted by Crippen LogP contribution is 2.33. The zero-order chi connectivity index (χ0) is 30.9. The molecular formula is C37H36BrN5O. The first-order valence-corrected chi connectivity index (χ1v) is 15.8. The Bertz CT molecular complexity index is 1710. The summed E-state index contributed by atoms with van der Waals surface area (Å²) in [5.74, 6) is 0.978. The molecule has 222 valence electrons. The number of carbonyl (C=O) groups excluding carboxylic acids is 1. The van der Waals surface area contributed by atoms with Crippen LogP contribution in [0.25, 0.3) is 11.3 Å². The number of hydrogen-bond acceptors (Lipinski definition) is 4. The summed E-state index contributed by atoms with van der Waals surface area (Å²) in [6.45, 7) is 5.56. The largest absolute Gasteiger partial charge is 0.328 e. The number of carbonyl (C=O) groups is 1. The van der Waals surface area contributed by atoms with E-state index in [9.17, 15) is 4.79 Å². The normalized spacial score (nSPS) is 11.7. The molecule has 0 aliphatic rings. The number of halogens is 1. The molecule has 0 saturated carbocycles. The van der Waals surface area contributed by atoms with Crippen LogP contribution in [0.5, 0.6) is 0 Å². The molecule has 0 N–H and O–H groups in total. The number of benzene rings is 3. The van der Waals surface area contributed by atoms with Crippen LogP contribution in [-0.2, 0) is 13.0 Å². The van der Waals surface area contributed by atoms with E-state index in [4.69, 9.17) is 10.2 Å². The minimum Gasteiger partial charge on any atom is -0.328 e. The molecule has 2 aromatic heterocycles. The topological polar surface area (TPSA) is 74.8 Å². The fourth-order valence-electron chi connectivity index (χ4n) is 5.50. The summed E-state index contributed by atoms with van der Waals surface area (Å²) in [6, 6.07) is 33.6. The fraction of sp³-hybridized carbons (Fsp3) is 0.243. The summed E-state index contributed by atoms with van der Waals surface area (Å²) < 4.78 is 3.20. The molecule has 0 unspecified atom stereocenters. The van der Waals surface area contributed by atoms with Crippen LogP contribution >= 0.6 is 15.9 Å². The highest BCUT2D eigenvalue weighted by molar-refractivity contribution is 9.10. The van der Waals surface area contributed by atoms with E-state index < -0.39 is 0 Å². The van der Waals surface area contributed by atoms with Crippen molar-refractivity contribution in [2.75, 3.05) is 6.54 Å². The lowest BCUT2D eigenvalue weighted by Gasteiger charge is -2.35. The van der Waals surface area contributed by atoms with Crippen LogP contribution < -0.4 is 0 Å². The summed E-state index contributed by atoms with van der Waals surface area (Å²) in [7, 11) is 0. The van der Waals surface area contributed by atoms with Gasteiger partial charge in [0.1, 0.15) is 11.9 Å². The van der Waals surface area contributed by atoms with Gasteiger partial charge in [0.15, 0.2) is 0 Å². The number of aryl methyl sites for hydroxylation is 1. The van der Waals surface area contributed by atoms with E-state index in [0.29, 0.717) is 24.2 Å². The van der Waals surface area contributed by atoms with Gasteiger partial charge in [0.05, 0.1) is 17.3 Å². The SMILES string of the molecule is CC(C)[C@H](c1nc(-c2cccc(Br)c2)cn1Cc1ccccc1)N(CCCCc1ccc(C#N)cn1)C(=O)c1ccccc1. The highest BCUT2D eigenvalue weighted by Gasteiger charge is 2.32. The van der Waals surface area contributed by atoms with Gasteiger partial charge in [0.2, 0.25) is 0 Å². The number of aromatic nitrogens is 3. The second kappa shape index (κ2) is 14.8. The molecule has 1 atom stereocenters. The molecule has 0 fully saturated rings. The number of unbranched alkanes of at least 4 members (excludes halogenated alkanes) is 1. The molecule has 5 aromatic rings. The Hall–Kier alpha value is -4.54. The van der Waals surface area contributed by atoms with Gasteiger partial charge in [-0.3, -0.25) is 9.78 Å². The number of rotatable bonds is 12. The minimum atomic E-state index is -0.250. The third-order valence-electron chi connectivity index (χ3n) is 7.67. The Kier molecular flexibility index (Phi) is 10.4. The predicted molar refractivity (Wildman–Crippen MR) is 178 cm³/mol. The van der Waals surface area contributed by atoms with Crippen LogP contribution in [0.15, 0.2) is 114 Å². The number of nitriles is 1. The molecule has 1 amide bonds. The third-order valence-corrected chi connectivity index (χ3v) is 8.17. The molecule has 44 heavy (non-hydrogen) atoms. The molecule has 6 nitrogen and oxygen atoms in total. The molecule has 0 radical (unpaired) electrons. The fourth-order valence-corrected chi connectivity index (χ4v) is 5.90.